The summed E-state index contributed by atoms with van der Waals surface area (Å²) in [6.07, 6.45) is 1.20. The van der Waals surface area contributed by atoms with Gasteiger partial charge in [-0.25, -0.2) is 4.98 Å². The molecular formula is C12H9Cl2N3O2. The molecule has 19 heavy (non-hydrogen) atoms. The van der Waals surface area contributed by atoms with Crippen LogP contribution in [0.2, 0.25) is 10.0 Å². The molecule has 0 fully saturated rings. The minimum absolute atomic E-state index is 0.0462. The fourth-order valence-corrected chi connectivity index (χ4v) is 1.92. The van der Waals surface area contributed by atoms with Gasteiger partial charge in [-0.2, -0.15) is 0 Å². The third kappa shape index (κ3) is 3.56. The minimum atomic E-state index is -0.493. The van der Waals surface area contributed by atoms with Crippen molar-refractivity contribution >= 4 is 34.7 Å². The van der Waals surface area contributed by atoms with E-state index in [0.29, 0.717) is 22.4 Å². The van der Waals surface area contributed by atoms with Crippen molar-refractivity contribution in [1.82, 2.24) is 4.98 Å². The molecule has 7 heteroatoms. The monoisotopic (exact) mass is 297 g/mol. The summed E-state index contributed by atoms with van der Waals surface area (Å²) in [5.74, 6) is 0.539. The van der Waals surface area contributed by atoms with Gasteiger partial charge in [-0.1, -0.05) is 29.3 Å². The van der Waals surface area contributed by atoms with Crippen LogP contribution in [0.15, 0.2) is 36.5 Å². The average Bonchev–Trinajstić information content (AvgIpc) is 2.38. The first-order valence-corrected chi connectivity index (χ1v) is 6.10. The van der Waals surface area contributed by atoms with Crippen LogP contribution in [-0.2, 0) is 6.54 Å². The van der Waals surface area contributed by atoms with Gasteiger partial charge in [-0.05, 0) is 23.8 Å². The smallest absolute Gasteiger partial charge is 0.287 e. The highest BCUT2D eigenvalue weighted by Crippen LogP contribution is 2.22. The normalized spacial score (nSPS) is 10.2. The Morgan fingerprint density at radius 3 is 2.63 bits per heavy atom. The summed E-state index contributed by atoms with van der Waals surface area (Å²) in [5.41, 5.74) is 0.821. The van der Waals surface area contributed by atoms with Crippen LogP contribution in [0.5, 0.6) is 0 Å². The molecule has 0 saturated heterocycles. The van der Waals surface area contributed by atoms with Crippen LogP contribution in [0.4, 0.5) is 11.5 Å². The Morgan fingerprint density at radius 1 is 1.26 bits per heavy atom. The molecule has 0 aliphatic carbocycles. The maximum atomic E-state index is 10.5. The van der Waals surface area contributed by atoms with Crippen LogP contribution in [0.1, 0.15) is 5.56 Å². The van der Waals surface area contributed by atoms with Crippen molar-refractivity contribution in [3.63, 3.8) is 0 Å². The fourth-order valence-electron chi connectivity index (χ4n) is 1.45. The van der Waals surface area contributed by atoms with Crippen molar-refractivity contribution in [2.24, 2.45) is 0 Å². The molecule has 2 rings (SSSR count). The third-order valence-corrected chi connectivity index (χ3v) is 3.02. The Kier molecular flexibility index (Phi) is 4.19. The second-order valence-corrected chi connectivity index (χ2v) is 4.59. The average molecular weight is 298 g/mol. The highest BCUT2D eigenvalue weighted by atomic mass is 35.5. The summed E-state index contributed by atoms with van der Waals surface area (Å²) in [5, 5.41) is 14.6. The molecule has 0 unspecified atom stereocenters. The number of nitro groups is 1. The molecule has 1 aromatic carbocycles. The van der Waals surface area contributed by atoms with Gasteiger partial charge in [-0.3, -0.25) is 10.1 Å². The molecule has 0 atom stereocenters. The van der Waals surface area contributed by atoms with E-state index in [1.54, 1.807) is 18.2 Å². The molecule has 0 aliphatic rings. The van der Waals surface area contributed by atoms with Gasteiger partial charge in [0.25, 0.3) is 5.69 Å². The zero-order chi connectivity index (χ0) is 13.8. The molecule has 0 amide bonds. The third-order valence-electron chi connectivity index (χ3n) is 2.43. The second kappa shape index (κ2) is 5.86. The number of nitrogens with one attached hydrogen (secondary N) is 1. The lowest BCUT2D eigenvalue weighted by atomic mass is 10.2. The molecule has 1 N–H and O–H groups in total. The van der Waals surface area contributed by atoms with Crippen LogP contribution in [-0.4, -0.2) is 9.91 Å². The number of rotatable bonds is 4. The maximum Gasteiger partial charge on any atom is 0.287 e. The molecule has 0 saturated carbocycles. The van der Waals surface area contributed by atoms with E-state index >= 15 is 0 Å². The van der Waals surface area contributed by atoms with Crippen LogP contribution >= 0.6 is 23.2 Å². The molecule has 5 nitrogen and oxygen atoms in total. The molecule has 0 aliphatic heterocycles. The highest BCUT2D eigenvalue weighted by Gasteiger charge is 2.06. The van der Waals surface area contributed by atoms with Crippen LogP contribution in [0.25, 0.3) is 0 Å². The summed E-state index contributed by atoms with van der Waals surface area (Å²) >= 11 is 11.8. The van der Waals surface area contributed by atoms with E-state index in [0.717, 1.165) is 5.56 Å². The number of halogens is 2. The molecule has 2 aromatic rings. The second-order valence-electron chi connectivity index (χ2n) is 3.75. The first-order valence-electron chi connectivity index (χ1n) is 5.34. The van der Waals surface area contributed by atoms with Crippen molar-refractivity contribution in [1.29, 1.82) is 0 Å². The molecule has 0 spiro atoms. The zero-order valence-corrected chi connectivity index (χ0v) is 11.1. The topological polar surface area (TPSA) is 68.1 Å². The lowest BCUT2D eigenvalue weighted by molar-refractivity contribution is -0.385. The Bertz CT molecular complexity index is 602. The molecular weight excluding hydrogens is 289 g/mol. The molecule has 98 valence electrons. The minimum Gasteiger partial charge on any atom is -0.366 e. The molecule has 1 heterocycles. The van der Waals surface area contributed by atoms with Crippen LogP contribution in [0.3, 0.4) is 0 Å². The Morgan fingerprint density at radius 2 is 2.05 bits per heavy atom. The fraction of sp³-hybridized carbons (Fsp3) is 0.0833. The summed E-state index contributed by atoms with van der Waals surface area (Å²) in [4.78, 5) is 13.9. The van der Waals surface area contributed by atoms with Crippen LogP contribution in [0, 0.1) is 10.1 Å². The van der Waals surface area contributed by atoms with Gasteiger partial charge >= 0.3 is 0 Å². The predicted octanol–water partition coefficient (Wildman–Crippen LogP) is 3.91. The Balaban J connectivity index is 2.04. The summed E-state index contributed by atoms with van der Waals surface area (Å²) in [7, 11) is 0. The van der Waals surface area contributed by atoms with Crippen molar-refractivity contribution in [3.8, 4) is 0 Å². The first kappa shape index (κ1) is 13.6. The number of hydrogen-bond donors (Lipinski definition) is 1. The summed E-state index contributed by atoms with van der Waals surface area (Å²) in [6.45, 7) is 0.459. The van der Waals surface area contributed by atoms with Gasteiger partial charge in [0.1, 0.15) is 12.0 Å². The van der Waals surface area contributed by atoms with Gasteiger partial charge in [0.05, 0.1) is 4.92 Å². The van der Waals surface area contributed by atoms with Gasteiger partial charge in [-0.15, -0.1) is 0 Å². The zero-order valence-electron chi connectivity index (χ0n) is 9.64. The number of aromatic nitrogens is 1. The van der Waals surface area contributed by atoms with Crippen molar-refractivity contribution < 1.29 is 4.92 Å². The standard InChI is InChI=1S/C12H9Cl2N3O2/c13-9-2-1-8(11(14)5-9)6-15-12-4-3-10(7-16-12)17(18)19/h1-5,7H,6H2,(H,15,16). The van der Waals surface area contributed by atoms with Gasteiger partial charge < -0.3 is 5.32 Å². The molecule has 0 radical (unpaired) electrons. The molecule has 1 aromatic heterocycles. The van der Waals surface area contributed by atoms with E-state index in [4.69, 9.17) is 23.2 Å². The summed E-state index contributed by atoms with van der Waals surface area (Å²) in [6, 6.07) is 8.14. The van der Waals surface area contributed by atoms with Crippen molar-refractivity contribution in [2.45, 2.75) is 6.54 Å². The number of pyridine rings is 1. The van der Waals surface area contributed by atoms with Crippen molar-refractivity contribution in [3.05, 3.63) is 62.3 Å². The largest absolute Gasteiger partial charge is 0.366 e. The van der Waals surface area contributed by atoms with E-state index in [9.17, 15) is 10.1 Å². The van der Waals surface area contributed by atoms with Gasteiger partial charge in [0.15, 0.2) is 0 Å². The predicted molar refractivity (Wildman–Crippen MR) is 74.7 cm³/mol. The van der Waals surface area contributed by atoms with Crippen LogP contribution < -0.4 is 5.32 Å². The Labute approximate surface area is 119 Å². The lowest BCUT2D eigenvalue weighted by Gasteiger charge is -2.07. The number of anilines is 1. The lowest BCUT2D eigenvalue weighted by Crippen LogP contribution is -2.02. The maximum absolute atomic E-state index is 10.5. The first-order chi connectivity index (χ1) is 9.06. The summed E-state index contributed by atoms with van der Waals surface area (Å²) < 4.78 is 0. The highest BCUT2D eigenvalue weighted by molar-refractivity contribution is 6.35. The van der Waals surface area contributed by atoms with E-state index < -0.39 is 4.92 Å². The quantitative estimate of drug-likeness (QED) is 0.686. The van der Waals surface area contributed by atoms with E-state index in [-0.39, 0.29) is 5.69 Å². The number of nitrogens with zero attached hydrogens (tertiary/aromatic N) is 2. The number of benzene rings is 1. The van der Waals surface area contributed by atoms with Gasteiger partial charge in [0, 0.05) is 22.7 Å². The number of hydrogen-bond acceptors (Lipinski definition) is 4. The van der Waals surface area contributed by atoms with E-state index in [2.05, 4.69) is 10.3 Å². The SMILES string of the molecule is O=[N+]([O-])c1ccc(NCc2ccc(Cl)cc2Cl)nc1. The van der Waals surface area contributed by atoms with E-state index in [1.807, 2.05) is 6.07 Å². The Hall–Kier alpha value is -1.85. The molecule has 0 bridgehead atoms. The van der Waals surface area contributed by atoms with Gasteiger partial charge in [0.2, 0.25) is 0 Å². The van der Waals surface area contributed by atoms with Crippen molar-refractivity contribution in [2.75, 3.05) is 5.32 Å². The van der Waals surface area contributed by atoms with E-state index in [1.165, 1.54) is 12.3 Å².